The van der Waals surface area contributed by atoms with Crippen molar-refractivity contribution in [2.75, 3.05) is 17.6 Å². The van der Waals surface area contributed by atoms with Crippen molar-refractivity contribution in [3.63, 3.8) is 0 Å². The molecule has 2 rings (SSSR count). The maximum Gasteiger partial charge on any atom is 0.306 e. The molecule has 2 N–H and O–H groups in total. The molecule has 0 spiro atoms. The number of halogens is 1. The normalized spacial score (nSPS) is 13.0. The molecular formula is C20H24FN3O5S. The molecule has 0 radical (unpaired) electrons. The maximum atomic E-state index is 13.4. The largest absolute Gasteiger partial charge is 0.481 e. The number of aliphatic carboxylic acids is 1. The van der Waals surface area contributed by atoms with Crippen molar-refractivity contribution in [1.29, 1.82) is 0 Å². The average molecular weight is 437 g/mol. The Hall–Kier alpha value is -2.85. The lowest BCUT2D eigenvalue weighted by atomic mass is 9.97. The number of aromatic nitrogens is 2. The smallest absolute Gasteiger partial charge is 0.306 e. The number of aliphatic hydroxyl groups is 1. The van der Waals surface area contributed by atoms with Crippen LogP contribution in [0.1, 0.15) is 37.4 Å². The topological polar surface area (TPSA) is 121 Å². The molecule has 0 fully saturated rings. The number of aliphatic hydroxyl groups excluding tert-OH is 1. The van der Waals surface area contributed by atoms with E-state index in [0.29, 0.717) is 22.5 Å². The fraction of sp³-hybridized carbons (Fsp3) is 0.350. The molecule has 0 aliphatic rings. The Kier molecular flexibility index (Phi) is 7.27. The molecule has 1 atom stereocenters. The van der Waals surface area contributed by atoms with E-state index in [-0.39, 0.29) is 11.9 Å². The summed E-state index contributed by atoms with van der Waals surface area (Å²) in [6.45, 7) is 3.71. The van der Waals surface area contributed by atoms with E-state index in [0.717, 1.165) is 10.6 Å². The fourth-order valence-electron chi connectivity index (χ4n) is 2.65. The molecule has 1 heterocycles. The first-order valence-corrected chi connectivity index (χ1v) is 10.9. The number of rotatable bonds is 8. The van der Waals surface area contributed by atoms with Crippen molar-refractivity contribution >= 4 is 28.0 Å². The van der Waals surface area contributed by atoms with Crippen molar-refractivity contribution in [3.05, 3.63) is 47.4 Å². The van der Waals surface area contributed by atoms with Gasteiger partial charge in [-0.15, -0.1) is 0 Å². The number of sulfonamides is 1. The Labute approximate surface area is 174 Å². The van der Waals surface area contributed by atoms with Gasteiger partial charge in [0.2, 0.25) is 16.0 Å². The van der Waals surface area contributed by atoms with E-state index in [1.54, 1.807) is 0 Å². The Bertz CT molecular complexity index is 1050. The third-order valence-corrected chi connectivity index (χ3v) is 5.43. The SMILES string of the molecule is CC(C)c1nc(N(C)S(C)(=O)=O)nc(-c2ccc(F)cc2)c1C=C[C@@H](O)CC(=O)O. The van der Waals surface area contributed by atoms with E-state index < -0.39 is 34.3 Å². The summed E-state index contributed by atoms with van der Waals surface area (Å²) < 4.78 is 38.4. The third-order valence-electron chi connectivity index (χ3n) is 4.28. The van der Waals surface area contributed by atoms with Gasteiger partial charge >= 0.3 is 5.97 Å². The molecule has 30 heavy (non-hydrogen) atoms. The minimum atomic E-state index is -3.63. The molecule has 1 aromatic carbocycles. The maximum absolute atomic E-state index is 13.4. The van der Waals surface area contributed by atoms with E-state index in [1.807, 2.05) is 13.8 Å². The van der Waals surface area contributed by atoms with Crippen LogP contribution in [0.2, 0.25) is 0 Å². The molecule has 0 saturated carbocycles. The van der Waals surface area contributed by atoms with Crippen molar-refractivity contribution < 1.29 is 27.8 Å². The van der Waals surface area contributed by atoms with Gasteiger partial charge in [0.15, 0.2) is 0 Å². The van der Waals surface area contributed by atoms with Gasteiger partial charge in [-0.25, -0.2) is 27.1 Å². The average Bonchev–Trinajstić information content (AvgIpc) is 2.64. The lowest BCUT2D eigenvalue weighted by molar-refractivity contribution is -0.138. The van der Waals surface area contributed by atoms with Gasteiger partial charge in [-0.05, 0) is 30.2 Å². The Morgan fingerprint density at radius 1 is 1.23 bits per heavy atom. The zero-order chi connectivity index (χ0) is 22.6. The molecule has 162 valence electrons. The van der Waals surface area contributed by atoms with Crippen LogP contribution in [0.15, 0.2) is 30.3 Å². The molecular weight excluding hydrogens is 413 g/mol. The highest BCUT2D eigenvalue weighted by molar-refractivity contribution is 7.92. The number of carboxylic acids is 1. The van der Waals surface area contributed by atoms with Crippen LogP contribution < -0.4 is 4.31 Å². The second-order valence-corrected chi connectivity index (χ2v) is 9.10. The van der Waals surface area contributed by atoms with E-state index in [9.17, 15) is 22.7 Å². The quantitative estimate of drug-likeness (QED) is 0.651. The van der Waals surface area contributed by atoms with Gasteiger partial charge in [0.25, 0.3) is 0 Å². The highest BCUT2D eigenvalue weighted by atomic mass is 32.2. The first-order chi connectivity index (χ1) is 13.9. The fourth-order valence-corrected chi connectivity index (χ4v) is 3.03. The second kappa shape index (κ2) is 9.31. The van der Waals surface area contributed by atoms with Gasteiger partial charge in [-0.1, -0.05) is 26.0 Å². The van der Waals surface area contributed by atoms with Crippen LogP contribution >= 0.6 is 0 Å². The predicted octanol–water partition coefficient (Wildman–Crippen LogP) is 2.65. The molecule has 0 aliphatic carbocycles. The van der Waals surface area contributed by atoms with Gasteiger partial charge in [-0.3, -0.25) is 4.79 Å². The van der Waals surface area contributed by atoms with E-state index >= 15 is 0 Å². The van der Waals surface area contributed by atoms with Crippen molar-refractivity contribution in [2.24, 2.45) is 0 Å². The van der Waals surface area contributed by atoms with E-state index in [1.165, 1.54) is 43.5 Å². The molecule has 1 aromatic heterocycles. The van der Waals surface area contributed by atoms with E-state index in [4.69, 9.17) is 5.11 Å². The van der Waals surface area contributed by atoms with Crippen LogP contribution in [-0.2, 0) is 14.8 Å². The highest BCUT2D eigenvalue weighted by Crippen LogP contribution is 2.31. The lowest BCUT2D eigenvalue weighted by Crippen LogP contribution is -2.27. The van der Waals surface area contributed by atoms with Gasteiger partial charge < -0.3 is 10.2 Å². The number of anilines is 1. The lowest BCUT2D eigenvalue weighted by Gasteiger charge is -2.20. The molecule has 8 nitrogen and oxygen atoms in total. The zero-order valence-electron chi connectivity index (χ0n) is 17.1. The number of carbonyl (C=O) groups is 1. The van der Waals surface area contributed by atoms with Gasteiger partial charge in [0.05, 0.1) is 30.2 Å². The van der Waals surface area contributed by atoms with E-state index in [2.05, 4.69) is 9.97 Å². The summed E-state index contributed by atoms with van der Waals surface area (Å²) in [4.78, 5) is 19.6. The Morgan fingerprint density at radius 3 is 2.33 bits per heavy atom. The summed E-state index contributed by atoms with van der Waals surface area (Å²) in [7, 11) is -2.30. The second-order valence-electron chi connectivity index (χ2n) is 7.09. The minimum absolute atomic E-state index is 0.0521. The number of benzene rings is 1. The molecule has 0 amide bonds. The first-order valence-electron chi connectivity index (χ1n) is 9.10. The van der Waals surface area contributed by atoms with Gasteiger partial charge in [0, 0.05) is 18.2 Å². The molecule has 0 bridgehead atoms. The summed E-state index contributed by atoms with van der Waals surface area (Å²) in [5.41, 5.74) is 1.81. The summed E-state index contributed by atoms with van der Waals surface area (Å²) >= 11 is 0. The van der Waals surface area contributed by atoms with Crippen molar-refractivity contribution in [3.8, 4) is 11.3 Å². The molecule has 2 aromatic rings. The van der Waals surface area contributed by atoms with Gasteiger partial charge in [0.1, 0.15) is 5.82 Å². The van der Waals surface area contributed by atoms with Crippen LogP contribution in [0.5, 0.6) is 0 Å². The van der Waals surface area contributed by atoms with Crippen molar-refractivity contribution in [2.45, 2.75) is 32.3 Å². The zero-order valence-corrected chi connectivity index (χ0v) is 17.9. The monoisotopic (exact) mass is 437 g/mol. The summed E-state index contributed by atoms with van der Waals surface area (Å²) in [6.07, 6.45) is 2.13. The van der Waals surface area contributed by atoms with Crippen LogP contribution in [0.25, 0.3) is 17.3 Å². The predicted molar refractivity (Wildman–Crippen MR) is 112 cm³/mol. The molecule has 0 aliphatic heterocycles. The molecule has 10 heteroatoms. The molecule has 0 unspecified atom stereocenters. The van der Waals surface area contributed by atoms with Gasteiger partial charge in [-0.2, -0.15) is 0 Å². The number of hydrogen-bond acceptors (Lipinski definition) is 6. The Morgan fingerprint density at radius 2 is 1.83 bits per heavy atom. The van der Waals surface area contributed by atoms with Crippen LogP contribution in [0.3, 0.4) is 0 Å². The minimum Gasteiger partial charge on any atom is -0.481 e. The van der Waals surface area contributed by atoms with Crippen LogP contribution in [0.4, 0.5) is 10.3 Å². The first kappa shape index (κ1) is 23.4. The standard InChI is InChI=1S/C20H24FN3O5S/c1-12(2)18-16(10-9-15(25)11-17(26)27)19(13-5-7-14(21)8-6-13)23-20(22-18)24(3)30(4,28)29/h5-10,12,15,25H,11H2,1-4H3,(H,26,27)/t15-/m1/s1. The number of hydrogen-bond donors (Lipinski definition) is 2. The number of carboxylic acid groups (broad SMARTS) is 1. The van der Waals surface area contributed by atoms with Crippen LogP contribution in [0, 0.1) is 5.82 Å². The van der Waals surface area contributed by atoms with Crippen molar-refractivity contribution in [1.82, 2.24) is 9.97 Å². The van der Waals surface area contributed by atoms with Crippen LogP contribution in [-0.4, -0.2) is 54.0 Å². The molecule has 0 saturated heterocycles. The Balaban J connectivity index is 2.74. The number of nitrogens with zero attached hydrogens (tertiary/aromatic N) is 3. The summed E-state index contributed by atoms with van der Waals surface area (Å²) in [6, 6.07) is 5.49. The highest BCUT2D eigenvalue weighted by Gasteiger charge is 2.22. The third kappa shape index (κ3) is 5.83. The summed E-state index contributed by atoms with van der Waals surface area (Å²) in [5, 5.41) is 18.8. The summed E-state index contributed by atoms with van der Waals surface area (Å²) in [5.74, 6) is -1.81.